The van der Waals surface area contributed by atoms with Gasteiger partial charge in [-0.05, 0) is 36.6 Å². The number of nitrogens with zero attached hydrogens (tertiary/aromatic N) is 2. The van der Waals surface area contributed by atoms with Crippen molar-refractivity contribution in [2.75, 3.05) is 11.9 Å². The van der Waals surface area contributed by atoms with Crippen molar-refractivity contribution in [3.05, 3.63) is 63.5 Å². The molecule has 0 radical (unpaired) electrons. The Hall–Kier alpha value is -2.57. The molecule has 30 heavy (non-hydrogen) atoms. The van der Waals surface area contributed by atoms with Crippen LogP contribution in [0.5, 0.6) is 5.75 Å². The molecule has 0 saturated carbocycles. The third-order valence-corrected chi connectivity index (χ3v) is 5.75. The molecule has 1 aromatic heterocycles. The number of benzene rings is 1. The van der Waals surface area contributed by atoms with Crippen LogP contribution in [0.1, 0.15) is 25.8 Å². The van der Waals surface area contributed by atoms with Crippen LogP contribution in [0.4, 0.5) is 5.82 Å². The van der Waals surface area contributed by atoms with E-state index in [-0.39, 0.29) is 17.7 Å². The molecule has 4 rings (SSSR count). The standard InChI is InChI=1S/C22H21Cl2N3O3/c1-12(2)8-17(21(28)26-19-7-6-14(23)10-25-19)27-11-13-9-15-16(24)4-3-5-18(15)30-20(13)22(27)29/h3-7,10,12,17H,8-9,11H2,1-2H3,(H,25,26,28). The van der Waals surface area contributed by atoms with Gasteiger partial charge in [-0.1, -0.05) is 43.1 Å². The molecule has 6 nitrogen and oxygen atoms in total. The van der Waals surface area contributed by atoms with E-state index in [1.807, 2.05) is 13.8 Å². The monoisotopic (exact) mass is 445 g/mol. The van der Waals surface area contributed by atoms with E-state index in [1.165, 1.54) is 6.20 Å². The number of nitrogens with one attached hydrogen (secondary N) is 1. The summed E-state index contributed by atoms with van der Waals surface area (Å²) in [7, 11) is 0. The first-order valence-corrected chi connectivity index (χ1v) is 10.5. The molecule has 1 N–H and O–H groups in total. The summed E-state index contributed by atoms with van der Waals surface area (Å²) in [4.78, 5) is 31.9. The van der Waals surface area contributed by atoms with Gasteiger partial charge in [-0.25, -0.2) is 4.98 Å². The molecule has 0 aliphatic carbocycles. The van der Waals surface area contributed by atoms with Crippen LogP contribution < -0.4 is 10.1 Å². The Morgan fingerprint density at radius 3 is 2.77 bits per heavy atom. The minimum atomic E-state index is -0.650. The fraction of sp³-hybridized carbons (Fsp3) is 0.318. The summed E-state index contributed by atoms with van der Waals surface area (Å²) in [6, 6.07) is 8.02. The maximum Gasteiger partial charge on any atom is 0.290 e. The van der Waals surface area contributed by atoms with Gasteiger partial charge in [-0.15, -0.1) is 0 Å². The van der Waals surface area contributed by atoms with Crippen LogP contribution in [0.25, 0.3) is 0 Å². The highest BCUT2D eigenvalue weighted by atomic mass is 35.5. The van der Waals surface area contributed by atoms with Gasteiger partial charge >= 0.3 is 0 Å². The second kappa shape index (κ2) is 8.28. The van der Waals surface area contributed by atoms with Crippen molar-refractivity contribution in [3.8, 4) is 5.75 Å². The highest BCUT2D eigenvalue weighted by molar-refractivity contribution is 6.31. The van der Waals surface area contributed by atoms with Gasteiger partial charge < -0.3 is 15.0 Å². The van der Waals surface area contributed by atoms with E-state index in [9.17, 15) is 9.59 Å². The highest BCUT2D eigenvalue weighted by Crippen LogP contribution is 2.39. The first kappa shape index (κ1) is 20.7. The van der Waals surface area contributed by atoms with Crippen LogP contribution in [0.3, 0.4) is 0 Å². The Bertz CT molecular complexity index is 1030. The van der Waals surface area contributed by atoms with E-state index in [0.717, 1.165) is 11.1 Å². The van der Waals surface area contributed by atoms with Gasteiger partial charge in [0.25, 0.3) is 5.91 Å². The van der Waals surface area contributed by atoms with Gasteiger partial charge in [-0.3, -0.25) is 9.59 Å². The quantitative estimate of drug-likeness (QED) is 0.736. The average Bonchev–Trinajstić information content (AvgIpc) is 3.02. The van der Waals surface area contributed by atoms with Gasteiger partial charge in [0.1, 0.15) is 17.6 Å². The van der Waals surface area contributed by atoms with Crippen molar-refractivity contribution >= 4 is 40.8 Å². The first-order chi connectivity index (χ1) is 14.3. The van der Waals surface area contributed by atoms with Crippen LogP contribution in [0.2, 0.25) is 10.0 Å². The van der Waals surface area contributed by atoms with Gasteiger partial charge in [0.15, 0.2) is 5.76 Å². The lowest BCUT2D eigenvalue weighted by molar-refractivity contribution is -0.135. The van der Waals surface area contributed by atoms with Gasteiger partial charge in [0, 0.05) is 35.3 Å². The van der Waals surface area contributed by atoms with Crippen molar-refractivity contribution in [1.82, 2.24) is 9.88 Å². The molecule has 1 atom stereocenters. The second-order valence-electron chi connectivity index (χ2n) is 7.86. The van der Waals surface area contributed by atoms with Gasteiger partial charge in [0.05, 0.1) is 5.02 Å². The van der Waals surface area contributed by atoms with Crippen molar-refractivity contribution in [1.29, 1.82) is 0 Å². The lowest BCUT2D eigenvalue weighted by Gasteiger charge is -2.28. The van der Waals surface area contributed by atoms with Crippen LogP contribution in [0, 0.1) is 5.92 Å². The molecule has 0 bridgehead atoms. The molecule has 2 aromatic rings. The Morgan fingerprint density at radius 1 is 1.27 bits per heavy atom. The fourth-order valence-corrected chi connectivity index (χ4v) is 4.09. The number of ether oxygens (including phenoxy) is 1. The smallest absolute Gasteiger partial charge is 0.290 e. The summed E-state index contributed by atoms with van der Waals surface area (Å²) >= 11 is 12.2. The summed E-state index contributed by atoms with van der Waals surface area (Å²) in [5.74, 6) is 0.917. The number of fused-ring (bicyclic) bond motifs is 1. The zero-order valence-electron chi connectivity index (χ0n) is 16.6. The predicted molar refractivity (Wildman–Crippen MR) is 116 cm³/mol. The largest absolute Gasteiger partial charge is 0.451 e. The molecule has 0 spiro atoms. The molecule has 1 unspecified atom stereocenters. The number of hydrogen-bond acceptors (Lipinski definition) is 4. The highest BCUT2D eigenvalue weighted by Gasteiger charge is 2.42. The third-order valence-electron chi connectivity index (χ3n) is 5.17. The number of carbonyl (C=O) groups excluding carboxylic acids is 2. The number of amides is 2. The van der Waals surface area contributed by atoms with E-state index in [1.54, 1.807) is 35.2 Å². The number of pyridine rings is 1. The molecule has 8 heteroatoms. The van der Waals surface area contributed by atoms with Crippen LogP contribution in [-0.2, 0) is 16.0 Å². The van der Waals surface area contributed by atoms with Crippen LogP contribution >= 0.6 is 23.2 Å². The molecule has 3 heterocycles. The zero-order valence-corrected chi connectivity index (χ0v) is 18.1. The lowest BCUT2D eigenvalue weighted by Crippen LogP contribution is -2.46. The Labute approximate surface area is 184 Å². The average molecular weight is 446 g/mol. The maximum absolute atomic E-state index is 13.2. The number of aromatic nitrogens is 1. The van der Waals surface area contributed by atoms with Crippen LogP contribution in [0.15, 0.2) is 47.9 Å². The summed E-state index contributed by atoms with van der Waals surface area (Å²) in [5, 5.41) is 3.88. The molecule has 2 amide bonds. The van der Waals surface area contributed by atoms with Crippen molar-refractivity contribution in [2.24, 2.45) is 5.92 Å². The Balaban J connectivity index is 1.56. The molecule has 156 valence electrons. The van der Waals surface area contributed by atoms with Crippen molar-refractivity contribution < 1.29 is 14.3 Å². The maximum atomic E-state index is 13.2. The van der Waals surface area contributed by atoms with E-state index in [0.29, 0.717) is 46.8 Å². The zero-order chi connectivity index (χ0) is 21.4. The summed E-state index contributed by atoms with van der Waals surface area (Å²) in [5.41, 5.74) is 1.70. The molecule has 1 aromatic carbocycles. The minimum absolute atomic E-state index is 0.205. The van der Waals surface area contributed by atoms with E-state index in [2.05, 4.69) is 10.3 Å². The second-order valence-corrected chi connectivity index (χ2v) is 8.70. The van der Waals surface area contributed by atoms with Crippen LogP contribution in [-0.4, -0.2) is 34.3 Å². The Kier molecular flexibility index (Phi) is 5.71. The normalized spacial score (nSPS) is 16.3. The number of hydrogen-bond donors (Lipinski definition) is 1. The van der Waals surface area contributed by atoms with Crippen molar-refractivity contribution in [2.45, 2.75) is 32.7 Å². The predicted octanol–water partition coefficient (Wildman–Crippen LogP) is 4.47. The summed E-state index contributed by atoms with van der Waals surface area (Å²) < 4.78 is 5.89. The van der Waals surface area contributed by atoms with E-state index >= 15 is 0 Å². The minimum Gasteiger partial charge on any atom is -0.451 e. The van der Waals surface area contributed by atoms with E-state index in [4.69, 9.17) is 27.9 Å². The third kappa shape index (κ3) is 4.02. The topological polar surface area (TPSA) is 71.5 Å². The first-order valence-electron chi connectivity index (χ1n) is 9.74. The number of rotatable bonds is 5. The summed E-state index contributed by atoms with van der Waals surface area (Å²) in [6.07, 6.45) is 2.51. The number of halogens is 2. The molecular formula is C22H21Cl2N3O3. The SMILES string of the molecule is CC(C)CC(C(=O)Nc1ccc(Cl)cn1)N1CC2=C(Oc3cccc(Cl)c3C2)C1=O. The van der Waals surface area contributed by atoms with Gasteiger partial charge in [0.2, 0.25) is 5.91 Å². The summed E-state index contributed by atoms with van der Waals surface area (Å²) in [6.45, 7) is 4.36. The lowest BCUT2D eigenvalue weighted by atomic mass is 10.0. The number of anilines is 1. The molecule has 0 saturated heterocycles. The van der Waals surface area contributed by atoms with E-state index < -0.39 is 6.04 Å². The fourth-order valence-electron chi connectivity index (χ4n) is 3.75. The molecule has 0 fully saturated rings. The van der Waals surface area contributed by atoms with Gasteiger partial charge in [-0.2, -0.15) is 0 Å². The number of carbonyl (C=O) groups is 2. The molecule has 2 aliphatic heterocycles. The molecular weight excluding hydrogens is 425 g/mol. The molecule has 2 aliphatic rings. The Morgan fingerprint density at radius 2 is 2.07 bits per heavy atom. The van der Waals surface area contributed by atoms with Crippen molar-refractivity contribution in [3.63, 3.8) is 0 Å².